The van der Waals surface area contributed by atoms with Gasteiger partial charge in [0.25, 0.3) is 0 Å². The van der Waals surface area contributed by atoms with E-state index in [1.165, 1.54) is 17.4 Å². The number of rotatable bonds is 3. The molecule has 0 fully saturated rings. The molecule has 2 rings (SSSR count). The van der Waals surface area contributed by atoms with E-state index in [4.69, 9.17) is 5.26 Å². The Kier molecular flexibility index (Phi) is 4.28. The summed E-state index contributed by atoms with van der Waals surface area (Å²) < 4.78 is 0. The molecule has 0 saturated heterocycles. The van der Waals surface area contributed by atoms with Gasteiger partial charge in [-0.3, -0.25) is 10.1 Å². The van der Waals surface area contributed by atoms with E-state index in [0.717, 1.165) is 16.1 Å². The van der Waals surface area contributed by atoms with Gasteiger partial charge >= 0.3 is 0 Å². The van der Waals surface area contributed by atoms with Crippen molar-refractivity contribution < 1.29 is 4.79 Å². The second kappa shape index (κ2) is 6.13. The summed E-state index contributed by atoms with van der Waals surface area (Å²) in [6.45, 7) is 3.86. The molecule has 1 amide bonds. The van der Waals surface area contributed by atoms with Crippen LogP contribution in [-0.2, 0) is 4.79 Å². The summed E-state index contributed by atoms with van der Waals surface area (Å²) in [6.07, 6.45) is 3.03. The predicted molar refractivity (Wildman–Crippen MR) is 80.4 cm³/mol. The first-order valence-electron chi connectivity index (χ1n) is 6.02. The minimum atomic E-state index is -0.258. The van der Waals surface area contributed by atoms with Gasteiger partial charge in [-0.15, -0.1) is 11.3 Å². The highest BCUT2D eigenvalue weighted by molar-refractivity contribution is 7.15. The highest BCUT2D eigenvalue weighted by atomic mass is 32.1. The van der Waals surface area contributed by atoms with Gasteiger partial charge in [-0.2, -0.15) is 5.26 Å². The molecule has 0 unspecified atom stereocenters. The summed E-state index contributed by atoms with van der Waals surface area (Å²) in [5, 5.41) is 12.3. The van der Waals surface area contributed by atoms with Crippen molar-refractivity contribution in [1.29, 1.82) is 5.26 Å². The SMILES string of the molecule is Cc1nc(NC(=O)/C=C/c2ccccc2C#N)sc1C. The average Bonchev–Trinajstić information content (AvgIpc) is 2.75. The molecule has 4 nitrogen and oxygen atoms in total. The first-order chi connectivity index (χ1) is 9.60. The summed E-state index contributed by atoms with van der Waals surface area (Å²) >= 11 is 1.44. The van der Waals surface area contributed by atoms with Crippen molar-refractivity contribution >= 4 is 28.5 Å². The Balaban J connectivity index is 2.08. The Labute approximate surface area is 121 Å². The molecule has 100 valence electrons. The molecule has 5 heteroatoms. The van der Waals surface area contributed by atoms with Gasteiger partial charge in [-0.1, -0.05) is 18.2 Å². The van der Waals surface area contributed by atoms with Gasteiger partial charge in [0.1, 0.15) is 0 Å². The number of aryl methyl sites for hydroxylation is 2. The molecule has 0 saturated carbocycles. The maximum absolute atomic E-state index is 11.8. The van der Waals surface area contributed by atoms with Gasteiger partial charge in [0.05, 0.1) is 17.3 Å². The fourth-order valence-electron chi connectivity index (χ4n) is 1.58. The van der Waals surface area contributed by atoms with Gasteiger partial charge in [0.15, 0.2) is 5.13 Å². The second-order valence-corrected chi connectivity index (χ2v) is 5.39. The van der Waals surface area contributed by atoms with Crippen molar-refractivity contribution in [2.45, 2.75) is 13.8 Å². The van der Waals surface area contributed by atoms with Crippen molar-refractivity contribution in [3.05, 3.63) is 52.0 Å². The van der Waals surface area contributed by atoms with Crippen molar-refractivity contribution in [3.63, 3.8) is 0 Å². The van der Waals surface area contributed by atoms with Crippen LogP contribution in [0.2, 0.25) is 0 Å². The molecule has 2 aromatic rings. The highest BCUT2D eigenvalue weighted by Gasteiger charge is 2.05. The number of hydrogen-bond donors (Lipinski definition) is 1. The lowest BCUT2D eigenvalue weighted by Gasteiger charge is -1.97. The zero-order chi connectivity index (χ0) is 14.5. The Morgan fingerprint density at radius 1 is 1.40 bits per heavy atom. The number of nitrogens with zero attached hydrogens (tertiary/aromatic N) is 2. The average molecular weight is 283 g/mol. The van der Waals surface area contributed by atoms with E-state index in [2.05, 4.69) is 16.4 Å². The maximum atomic E-state index is 11.8. The van der Waals surface area contributed by atoms with E-state index in [1.807, 2.05) is 19.9 Å². The van der Waals surface area contributed by atoms with Crippen LogP contribution in [0.1, 0.15) is 21.7 Å². The van der Waals surface area contributed by atoms with E-state index in [-0.39, 0.29) is 5.91 Å². The normalized spacial score (nSPS) is 10.4. The van der Waals surface area contributed by atoms with E-state index in [0.29, 0.717) is 10.7 Å². The molecule has 0 aliphatic rings. The number of hydrogen-bond acceptors (Lipinski definition) is 4. The third-order valence-electron chi connectivity index (χ3n) is 2.75. The zero-order valence-electron chi connectivity index (χ0n) is 11.2. The summed E-state index contributed by atoms with van der Waals surface area (Å²) in [4.78, 5) is 17.1. The summed E-state index contributed by atoms with van der Waals surface area (Å²) in [7, 11) is 0. The molecule has 0 atom stereocenters. The van der Waals surface area contributed by atoms with Crippen LogP contribution in [-0.4, -0.2) is 10.9 Å². The summed E-state index contributed by atoms with van der Waals surface area (Å²) in [5.74, 6) is -0.258. The second-order valence-electron chi connectivity index (χ2n) is 4.18. The minimum Gasteiger partial charge on any atom is -0.298 e. The topological polar surface area (TPSA) is 65.8 Å². The van der Waals surface area contributed by atoms with Gasteiger partial charge in [-0.05, 0) is 31.6 Å². The van der Waals surface area contributed by atoms with Crippen molar-refractivity contribution in [2.75, 3.05) is 5.32 Å². The molecular weight excluding hydrogens is 270 g/mol. The van der Waals surface area contributed by atoms with E-state index in [9.17, 15) is 4.79 Å². The van der Waals surface area contributed by atoms with E-state index >= 15 is 0 Å². The van der Waals surface area contributed by atoms with E-state index < -0.39 is 0 Å². The molecular formula is C15H13N3OS. The summed E-state index contributed by atoms with van der Waals surface area (Å²) in [6, 6.07) is 9.21. The Hall–Kier alpha value is -2.45. The van der Waals surface area contributed by atoms with E-state index in [1.54, 1.807) is 24.3 Å². The number of carbonyl (C=O) groups is 1. The molecule has 0 aliphatic heterocycles. The molecule has 1 N–H and O–H groups in total. The van der Waals surface area contributed by atoms with Crippen LogP contribution < -0.4 is 5.32 Å². The predicted octanol–water partition coefficient (Wildman–Crippen LogP) is 3.28. The van der Waals surface area contributed by atoms with Crippen molar-refractivity contribution in [2.24, 2.45) is 0 Å². The standard InChI is InChI=1S/C15H13N3OS/c1-10-11(2)20-15(17-10)18-14(19)8-7-12-5-3-4-6-13(12)9-16/h3-8H,1-2H3,(H,17,18,19)/b8-7+. The van der Waals surface area contributed by atoms with Crippen LogP contribution in [0.15, 0.2) is 30.3 Å². The number of amides is 1. The number of nitriles is 1. The van der Waals surface area contributed by atoms with Gasteiger partial charge in [0, 0.05) is 11.0 Å². The number of benzene rings is 1. The Morgan fingerprint density at radius 2 is 2.15 bits per heavy atom. The number of thiazole rings is 1. The van der Waals surface area contributed by atoms with Crippen LogP contribution in [0, 0.1) is 25.2 Å². The van der Waals surface area contributed by atoms with Crippen LogP contribution in [0.4, 0.5) is 5.13 Å². The highest BCUT2D eigenvalue weighted by Crippen LogP contribution is 2.21. The van der Waals surface area contributed by atoms with Gasteiger partial charge in [0.2, 0.25) is 5.91 Å². The van der Waals surface area contributed by atoms with Crippen LogP contribution >= 0.6 is 11.3 Å². The Morgan fingerprint density at radius 3 is 2.80 bits per heavy atom. The number of carbonyl (C=O) groups excluding carboxylic acids is 1. The molecule has 1 aromatic carbocycles. The molecule has 1 aromatic heterocycles. The van der Waals surface area contributed by atoms with Crippen molar-refractivity contribution in [3.8, 4) is 6.07 Å². The van der Waals surface area contributed by atoms with Crippen molar-refractivity contribution in [1.82, 2.24) is 4.98 Å². The van der Waals surface area contributed by atoms with Crippen LogP contribution in [0.5, 0.6) is 0 Å². The molecule has 0 aliphatic carbocycles. The largest absolute Gasteiger partial charge is 0.298 e. The fraction of sp³-hybridized carbons (Fsp3) is 0.133. The molecule has 20 heavy (non-hydrogen) atoms. The maximum Gasteiger partial charge on any atom is 0.250 e. The third kappa shape index (κ3) is 3.31. The first-order valence-corrected chi connectivity index (χ1v) is 6.84. The van der Waals surface area contributed by atoms with Crippen LogP contribution in [0.25, 0.3) is 6.08 Å². The smallest absolute Gasteiger partial charge is 0.250 e. The molecule has 0 spiro atoms. The quantitative estimate of drug-likeness (QED) is 0.879. The number of anilines is 1. The molecule has 0 bridgehead atoms. The number of nitrogens with one attached hydrogen (secondary N) is 1. The van der Waals surface area contributed by atoms with Gasteiger partial charge in [-0.25, -0.2) is 4.98 Å². The molecule has 1 heterocycles. The van der Waals surface area contributed by atoms with Gasteiger partial charge < -0.3 is 0 Å². The minimum absolute atomic E-state index is 0.258. The first kappa shape index (κ1) is 14.0. The molecule has 0 radical (unpaired) electrons. The third-order valence-corrected chi connectivity index (χ3v) is 3.74. The lowest BCUT2D eigenvalue weighted by atomic mass is 10.1. The monoisotopic (exact) mass is 283 g/mol. The Bertz CT molecular complexity index is 691. The van der Waals surface area contributed by atoms with Crippen LogP contribution in [0.3, 0.4) is 0 Å². The fourth-order valence-corrected chi connectivity index (χ4v) is 2.40. The summed E-state index contributed by atoms with van der Waals surface area (Å²) in [5.41, 5.74) is 2.18. The zero-order valence-corrected chi connectivity index (χ0v) is 12.0. The lowest BCUT2D eigenvalue weighted by molar-refractivity contribution is -0.111. The lowest BCUT2D eigenvalue weighted by Crippen LogP contribution is -2.07. The number of aromatic nitrogens is 1.